The van der Waals surface area contributed by atoms with Crippen molar-refractivity contribution in [2.75, 3.05) is 5.32 Å². The number of fused-ring (bicyclic) bond motifs is 1. The quantitative estimate of drug-likeness (QED) is 0.676. The van der Waals surface area contributed by atoms with Crippen LogP contribution in [0.4, 0.5) is 11.5 Å². The third-order valence-corrected chi connectivity index (χ3v) is 6.25. The van der Waals surface area contributed by atoms with Gasteiger partial charge < -0.3 is 9.87 Å². The van der Waals surface area contributed by atoms with Gasteiger partial charge in [0, 0.05) is 34.5 Å². The van der Waals surface area contributed by atoms with E-state index in [1.165, 1.54) is 0 Å². The number of rotatable bonds is 3. The van der Waals surface area contributed by atoms with Crippen LogP contribution in [0.2, 0.25) is 0 Å². The average Bonchev–Trinajstić information content (AvgIpc) is 2.85. The number of nitrogens with zero attached hydrogens (tertiary/aromatic N) is 2. The van der Waals surface area contributed by atoms with Crippen molar-refractivity contribution in [1.29, 1.82) is 0 Å². The Labute approximate surface area is 151 Å². The highest BCUT2D eigenvalue weighted by molar-refractivity contribution is 7.92. The predicted molar refractivity (Wildman–Crippen MR) is 104 cm³/mol. The molecule has 1 atom stereocenters. The summed E-state index contributed by atoms with van der Waals surface area (Å²) in [7, 11) is 0. The van der Waals surface area contributed by atoms with Gasteiger partial charge in [0.25, 0.3) is 0 Å². The van der Waals surface area contributed by atoms with Crippen LogP contribution in [0.3, 0.4) is 0 Å². The van der Waals surface area contributed by atoms with Gasteiger partial charge in [-0.2, -0.15) is 5.10 Å². The molecule has 5 nitrogen and oxygen atoms in total. The van der Waals surface area contributed by atoms with Gasteiger partial charge in [0.1, 0.15) is 4.75 Å². The Morgan fingerprint density at radius 3 is 2.48 bits per heavy atom. The van der Waals surface area contributed by atoms with E-state index in [9.17, 15) is 4.55 Å². The second-order valence-corrected chi connectivity index (χ2v) is 9.52. The monoisotopic (exact) mass is 356 g/mol. The molecule has 0 fully saturated rings. The first-order valence-electron chi connectivity index (χ1n) is 8.28. The summed E-state index contributed by atoms with van der Waals surface area (Å²) in [5.74, 6) is 0.795. The van der Waals surface area contributed by atoms with Gasteiger partial charge in [0.05, 0.1) is 11.2 Å². The molecule has 2 heterocycles. The van der Waals surface area contributed by atoms with E-state index in [1.807, 2.05) is 59.7 Å². The lowest BCUT2D eigenvalue weighted by molar-refractivity contribution is 0.559. The standard InChI is InChI=1S/C19H24N4OS/c1-11-9-16-14(10-17(11)25(24)19(4,5)6)15(7-8-20-16)21-18-12(2)13(3)22-23-18/h7-10H,1-6H3,(H2,20,21,22,23). The molecule has 0 radical (unpaired) electrons. The number of anilines is 2. The number of aromatic nitrogens is 3. The summed E-state index contributed by atoms with van der Waals surface area (Å²) < 4.78 is 12.6. The van der Waals surface area contributed by atoms with E-state index >= 15 is 0 Å². The second-order valence-electron chi connectivity index (χ2n) is 7.32. The smallest absolute Gasteiger partial charge is 0.156 e. The van der Waals surface area contributed by atoms with E-state index in [2.05, 4.69) is 20.5 Å². The maximum Gasteiger partial charge on any atom is 0.156 e. The third kappa shape index (κ3) is 3.37. The Balaban J connectivity index is 2.12. The number of H-pyrrole nitrogens is 1. The highest BCUT2D eigenvalue weighted by Crippen LogP contribution is 2.33. The summed E-state index contributed by atoms with van der Waals surface area (Å²) in [4.78, 5) is 5.32. The normalized spacial score (nSPS) is 13.2. The summed E-state index contributed by atoms with van der Waals surface area (Å²) in [5, 5.41) is 11.6. The maximum absolute atomic E-state index is 12.9. The lowest BCUT2D eigenvalue weighted by Gasteiger charge is -2.25. The minimum atomic E-state index is -1.10. The van der Waals surface area contributed by atoms with Crippen molar-refractivity contribution in [2.24, 2.45) is 0 Å². The maximum atomic E-state index is 12.9. The van der Waals surface area contributed by atoms with Crippen molar-refractivity contribution in [3.05, 3.63) is 41.2 Å². The van der Waals surface area contributed by atoms with Gasteiger partial charge in [-0.3, -0.25) is 10.1 Å². The molecule has 0 aliphatic carbocycles. The van der Waals surface area contributed by atoms with Crippen LogP contribution in [0, 0.1) is 20.8 Å². The van der Waals surface area contributed by atoms with Crippen molar-refractivity contribution in [1.82, 2.24) is 15.2 Å². The fraction of sp³-hybridized carbons (Fsp3) is 0.368. The predicted octanol–water partition coefficient (Wildman–Crippen LogP) is 4.53. The summed E-state index contributed by atoms with van der Waals surface area (Å²) >= 11 is -1.10. The van der Waals surface area contributed by atoms with Crippen molar-refractivity contribution in [2.45, 2.75) is 51.2 Å². The molecule has 1 unspecified atom stereocenters. The molecule has 25 heavy (non-hydrogen) atoms. The van der Waals surface area contributed by atoms with Gasteiger partial charge >= 0.3 is 0 Å². The molecule has 3 aromatic rings. The fourth-order valence-electron chi connectivity index (χ4n) is 2.65. The van der Waals surface area contributed by atoms with Crippen molar-refractivity contribution >= 4 is 33.6 Å². The van der Waals surface area contributed by atoms with E-state index < -0.39 is 11.2 Å². The minimum absolute atomic E-state index is 0.315. The first kappa shape index (κ1) is 17.8. The van der Waals surface area contributed by atoms with Gasteiger partial charge in [-0.15, -0.1) is 0 Å². The van der Waals surface area contributed by atoms with Crippen LogP contribution in [0.25, 0.3) is 10.9 Å². The molecular formula is C19H24N4OS. The Kier molecular flexibility index (Phi) is 4.51. The minimum Gasteiger partial charge on any atom is -0.611 e. The first-order valence-corrected chi connectivity index (χ1v) is 9.43. The van der Waals surface area contributed by atoms with E-state index in [0.29, 0.717) is 0 Å². The Morgan fingerprint density at radius 2 is 1.88 bits per heavy atom. The number of aromatic amines is 1. The van der Waals surface area contributed by atoms with Gasteiger partial charge in [0.2, 0.25) is 0 Å². The number of pyridine rings is 1. The second kappa shape index (κ2) is 6.35. The average molecular weight is 356 g/mol. The summed E-state index contributed by atoms with van der Waals surface area (Å²) in [6.07, 6.45) is 1.78. The van der Waals surface area contributed by atoms with Gasteiger partial charge in [0.15, 0.2) is 10.7 Å². The zero-order valence-corrected chi connectivity index (χ0v) is 16.3. The molecule has 3 rings (SSSR count). The SMILES string of the molecule is Cc1cc2nccc(Nc3n[nH]c(C)c3C)c2cc1[S+]([O-])C(C)(C)C. The molecule has 0 aliphatic rings. The molecular weight excluding hydrogens is 332 g/mol. The van der Waals surface area contributed by atoms with Crippen molar-refractivity contribution < 1.29 is 4.55 Å². The van der Waals surface area contributed by atoms with Crippen LogP contribution in [0.5, 0.6) is 0 Å². The van der Waals surface area contributed by atoms with E-state index in [4.69, 9.17) is 0 Å². The Hall–Kier alpha value is -2.05. The zero-order valence-electron chi connectivity index (χ0n) is 15.5. The molecule has 0 amide bonds. The largest absolute Gasteiger partial charge is 0.611 e. The third-order valence-electron chi connectivity index (χ3n) is 4.30. The van der Waals surface area contributed by atoms with Gasteiger partial charge in [-0.05, 0) is 64.9 Å². The highest BCUT2D eigenvalue weighted by atomic mass is 32.2. The molecule has 132 valence electrons. The van der Waals surface area contributed by atoms with E-state index in [-0.39, 0.29) is 4.75 Å². The van der Waals surface area contributed by atoms with E-state index in [0.717, 1.165) is 44.1 Å². The molecule has 2 N–H and O–H groups in total. The Bertz CT molecular complexity index is 927. The van der Waals surface area contributed by atoms with Crippen LogP contribution < -0.4 is 5.32 Å². The summed E-state index contributed by atoms with van der Waals surface area (Å²) in [6, 6.07) is 5.92. The first-order chi connectivity index (χ1) is 11.7. The van der Waals surface area contributed by atoms with Gasteiger partial charge in [-0.25, -0.2) is 0 Å². The van der Waals surface area contributed by atoms with Crippen molar-refractivity contribution in [3.63, 3.8) is 0 Å². The molecule has 2 aromatic heterocycles. The summed E-state index contributed by atoms with van der Waals surface area (Å²) in [5.41, 5.74) is 4.90. The van der Waals surface area contributed by atoms with Gasteiger partial charge in [-0.1, -0.05) is 0 Å². The molecule has 0 saturated carbocycles. The Morgan fingerprint density at radius 1 is 1.16 bits per heavy atom. The molecule has 1 aromatic carbocycles. The zero-order chi connectivity index (χ0) is 18.4. The fourth-order valence-corrected chi connectivity index (χ4v) is 3.89. The number of hydrogen-bond acceptors (Lipinski definition) is 4. The topological polar surface area (TPSA) is 76.7 Å². The van der Waals surface area contributed by atoms with Crippen molar-refractivity contribution in [3.8, 4) is 0 Å². The molecule has 0 saturated heterocycles. The lowest BCUT2D eigenvalue weighted by Crippen LogP contribution is -2.28. The lowest BCUT2D eigenvalue weighted by atomic mass is 10.1. The molecule has 0 spiro atoms. The number of benzene rings is 1. The molecule has 0 bridgehead atoms. The number of aryl methyl sites for hydroxylation is 2. The number of nitrogens with one attached hydrogen (secondary N) is 2. The summed E-state index contributed by atoms with van der Waals surface area (Å²) in [6.45, 7) is 12.0. The van der Waals surface area contributed by atoms with Crippen LogP contribution in [0.1, 0.15) is 37.6 Å². The van der Waals surface area contributed by atoms with Crippen LogP contribution in [-0.4, -0.2) is 24.5 Å². The van der Waals surface area contributed by atoms with Crippen LogP contribution in [0.15, 0.2) is 29.3 Å². The highest BCUT2D eigenvalue weighted by Gasteiger charge is 2.30. The number of hydrogen-bond donors (Lipinski definition) is 2. The van der Waals surface area contributed by atoms with E-state index in [1.54, 1.807) is 6.20 Å². The molecule has 0 aliphatic heterocycles. The van der Waals surface area contributed by atoms with Crippen LogP contribution >= 0.6 is 0 Å². The molecule has 6 heteroatoms. The van der Waals surface area contributed by atoms with Crippen LogP contribution in [-0.2, 0) is 11.2 Å².